The fourth-order valence-electron chi connectivity index (χ4n) is 3.28. The highest BCUT2D eigenvalue weighted by atomic mass is 16.5. The Hall–Kier alpha value is -3.48. The van der Waals surface area contributed by atoms with Crippen molar-refractivity contribution in [1.82, 2.24) is 15.0 Å². The fourth-order valence-corrected chi connectivity index (χ4v) is 3.28. The van der Waals surface area contributed by atoms with Gasteiger partial charge in [-0.2, -0.15) is 0 Å². The van der Waals surface area contributed by atoms with E-state index in [4.69, 9.17) is 15.2 Å². The summed E-state index contributed by atoms with van der Waals surface area (Å²) < 4.78 is 11.5. The number of nitrogens with zero attached hydrogens (tertiary/aromatic N) is 4. The topological polar surface area (TPSA) is 95.5 Å². The van der Waals surface area contributed by atoms with Crippen LogP contribution in [-0.2, 0) is 10.3 Å². The van der Waals surface area contributed by atoms with Crippen molar-refractivity contribution in [3.05, 3.63) is 66.2 Å². The second kappa shape index (κ2) is 5.01. The number of nitrogens with two attached hydrogens (primary N) is 1. The van der Waals surface area contributed by atoms with Crippen LogP contribution in [0.4, 0.5) is 0 Å². The number of hydrogen-bond donors (Lipinski definition) is 1. The zero-order valence-corrected chi connectivity index (χ0v) is 13.1. The van der Waals surface area contributed by atoms with Gasteiger partial charge in [0, 0.05) is 23.5 Å². The van der Waals surface area contributed by atoms with Gasteiger partial charge in [0.05, 0.1) is 11.3 Å². The van der Waals surface area contributed by atoms with E-state index in [0.717, 1.165) is 22.4 Å². The quantitative estimate of drug-likeness (QED) is 0.734. The van der Waals surface area contributed by atoms with Crippen LogP contribution < -0.4 is 10.5 Å². The van der Waals surface area contributed by atoms with Gasteiger partial charge in [0.1, 0.15) is 18.7 Å². The van der Waals surface area contributed by atoms with Gasteiger partial charge in [-0.05, 0) is 18.2 Å². The molecule has 1 atom stereocenters. The summed E-state index contributed by atoms with van der Waals surface area (Å²) >= 11 is 0. The molecule has 0 radical (unpaired) electrons. The number of para-hydroxylation sites is 1. The van der Waals surface area contributed by atoms with E-state index in [-0.39, 0.29) is 6.02 Å². The monoisotopic (exact) mass is 331 g/mol. The number of aliphatic imine (C=N–C) groups is 1. The Labute approximate surface area is 143 Å². The van der Waals surface area contributed by atoms with E-state index in [1.54, 1.807) is 12.4 Å². The maximum Gasteiger partial charge on any atom is 0.283 e. The predicted octanol–water partition coefficient (Wildman–Crippen LogP) is 2.23. The Morgan fingerprint density at radius 3 is 2.64 bits per heavy atom. The third-order valence-electron chi connectivity index (χ3n) is 4.43. The second-order valence-electron chi connectivity index (χ2n) is 5.87. The predicted molar refractivity (Wildman–Crippen MR) is 90.1 cm³/mol. The lowest BCUT2D eigenvalue weighted by Crippen LogP contribution is -2.31. The normalized spacial score (nSPS) is 20.2. The van der Waals surface area contributed by atoms with Crippen molar-refractivity contribution in [2.45, 2.75) is 5.54 Å². The van der Waals surface area contributed by atoms with Crippen LogP contribution >= 0.6 is 0 Å². The molecule has 4 heterocycles. The lowest BCUT2D eigenvalue weighted by atomic mass is 9.82. The number of fused-ring (bicyclic) bond motifs is 4. The van der Waals surface area contributed by atoms with E-state index >= 15 is 0 Å². The highest BCUT2D eigenvalue weighted by Crippen LogP contribution is 2.50. The van der Waals surface area contributed by atoms with Crippen LogP contribution in [0.15, 0.2) is 60.1 Å². The third kappa shape index (κ3) is 1.99. The van der Waals surface area contributed by atoms with Crippen LogP contribution in [-0.4, -0.2) is 27.6 Å². The minimum atomic E-state index is -0.729. The minimum absolute atomic E-state index is 0.170. The van der Waals surface area contributed by atoms with Gasteiger partial charge in [-0.1, -0.05) is 18.2 Å². The zero-order chi connectivity index (χ0) is 16.9. The Morgan fingerprint density at radius 2 is 1.84 bits per heavy atom. The van der Waals surface area contributed by atoms with Gasteiger partial charge in [-0.3, -0.25) is 0 Å². The van der Waals surface area contributed by atoms with E-state index in [1.165, 1.54) is 6.33 Å². The molecule has 25 heavy (non-hydrogen) atoms. The molecule has 2 aromatic heterocycles. The summed E-state index contributed by atoms with van der Waals surface area (Å²) in [4.78, 5) is 17.3. The Kier molecular flexibility index (Phi) is 2.79. The maximum absolute atomic E-state index is 6.04. The fraction of sp³-hybridized carbons (Fsp3) is 0.111. The molecule has 122 valence electrons. The van der Waals surface area contributed by atoms with Crippen LogP contribution in [0.25, 0.3) is 11.3 Å². The number of aromatic nitrogens is 3. The average Bonchev–Trinajstić information content (AvgIpc) is 3.05. The summed E-state index contributed by atoms with van der Waals surface area (Å²) in [6, 6.07) is 11.7. The molecule has 0 saturated heterocycles. The summed E-state index contributed by atoms with van der Waals surface area (Å²) in [6.07, 6.45) is 4.91. The summed E-state index contributed by atoms with van der Waals surface area (Å²) in [5, 5.41) is 0. The van der Waals surface area contributed by atoms with Crippen molar-refractivity contribution in [2.75, 3.05) is 6.61 Å². The van der Waals surface area contributed by atoms with Gasteiger partial charge in [0.15, 0.2) is 5.54 Å². The molecule has 1 spiro atoms. The Morgan fingerprint density at radius 1 is 1.00 bits per heavy atom. The van der Waals surface area contributed by atoms with Crippen molar-refractivity contribution < 1.29 is 9.47 Å². The van der Waals surface area contributed by atoms with Gasteiger partial charge < -0.3 is 15.2 Å². The van der Waals surface area contributed by atoms with Gasteiger partial charge in [0.2, 0.25) is 5.88 Å². The van der Waals surface area contributed by atoms with Gasteiger partial charge in [-0.25, -0.2) is 19.9 Å². The van der Waals surface area contributed by atoms with E-state index < -0.39 is 5.54 Å². The molecule has 1 aromatic carbocycles. The summed E-state index contributed by atoms with van der Waals surface area (Å²) in [5.41, 5.74) is 8.38. The first-order chi connectivity index (χ1) is 12.3. The van der Waals surface area contributed by atoms with Crippen molar-refractivity contribution in [3.8, 4) is 22.9 Å². The highest BCUT2D eigenvalue weighted by molar-refractivity contribution is 5.76. The molecule has 2 aliphatic heterocycles. The highest BCUT2D eigenvalue weighted by Gasteiger charge is 2.47. The first-order valence-electron chi connectivity index (χ1n) is 7.79. The van der Waals surface area contributed by atoms with Crippen LogP contribution in [0.3, 0.4) is 0 Å². The number of pyridine rings is 1. The molecule has 0 fully saturated rings. The second-order valence-corrected chi connectivity index (χ2v) is 5.87. The molecule has 2 N–H and O–H groups in total. The molecule has 7 nitrogen and oxygen atoms in total. The Bertz CT molecular complexity index is 1010. The lowest BCUT2D eigenvalue weighted by Gasteiger charge is -2.32. The van der Waals surface area contributed by atoms with E-state index in [0.29, 0.717) is 18.2 Å². The number of hydrogen-bond acceptors (Lipinski definition) is 7. The third-order valence-corrected chi connectivity index (χ3v) is 4.43. The number of ether oxygens (including phenoxy) is 2. The van der Waals surface area contributed by atoms with Crippen LogP contribution in [0.5, 0.6) is 11.6 Å². The molecule has 7 heteroatoms. The first-order valence-corrected chi connectivity index (χ1v) is 7.79. The smallest absolute Gasteiger partial charge is 0.283 e. The van der Waals surface area contributed by atoms with E-state index in [9.17, 15) is 0 Å². The summed E-state index contributed by atoms with van der Waals surface area (Å²) in [7, 11) is 0. The van der Waals surface area contributed by atoms with Crippen molar-refractivity contribution in [1.29, 1.82) is 0 Å². The van der Waals surface area contributed by atoms with E-state index in [1.807, 2.05) is 36.4 Å². The van der Waals surface area contributed by atoms with Crippen molar-refractivity contribution in [2.24, 2.45) is 10.7 Å². The lowest BCUT2D eigenvalue weighted by molar-refractivity contribution is 0.262. The van der Waals surface area contributed by atoms with Gasteiger partial charge >= 0.3 is 0 Å². The SMILES string of the molecule is NC1=NC2(CO1)c1ccccc1Oc1nc(-c3cncnc3)ccc12. The summed E-state index contributed by atoms with van der Waals surface area (Å²) in [6.45, 7) is 0.321. The molecular formula is C18H13N5O2. The summed E-state index contributed by atoms with van der Waals surface area (Å²) in [5.74, 6) is 1.19. The zero-order valence-electron chi connectivity index (χ0n) is 13.1. The first kappa shape index (κ1) is 13.9. The van der Waals surface area contributed by atoms with Crippen LogP contribution in [0, 0.1) is 0 Å². The molecule has 0 amide bonds. The van der Waals surface area contributed by atoms with Crippen LogP contribution in [0.2, 0.25) is 0 Å². The molecule has 1 unspecified atom stereocenters. The van der Waals surface area contributed by atoms with Gasteiger partial charge in [0.25, 0.3) is 6.02 Å². The molecular weight excluding hydrogens is 318 g/mol. The largest absolute Gasteiger partial charge is 0.462 e. The van der Waals surface area contributed by atoms with E-state index in [2.05, 4.69) is 19.9 Å². The number of amidine groups is 1. The van der Waals surface area contributed by atoms with Crippen molar-refractivity contribution >= 4 is 6.02 Å². The molecule has 0 saturated carbocycles. The molecule has 3 aromatic rings. The molecule has 2 aliphatic rings. The minimum Gasteiger partial charge on any atom is -0.462 e. The van der Waals surface area contributed by atoms with Crippen LogP contribution in [0.1, 0.15) is 11.1 Å². The maximum atomic E-state index is 6.04. The van der Waals surface area contributed by atoms with Crippen molar-refractivity contribution in [3.63, 3.8) is 0 Å². The average molecular weight is 331 g/mol. The molecule has 5 rings (SSSR count). The Balaban J connectivity index is 1.72. The number of rotatable bonds is 1. The number of benzene rings is 1. The molecule has 0 aliphatic carbocycles. The molecule has 0 bridgehead atoms. The standard InChI is InChI=1S/C18H13N5O2/c19-17-23-18(9-24-17)12-3-1-2-4-15(12)25-16-13(18)5-6-14(22-16)11-7-20-10-21-8-11/h1-8,10H,9H2,(H2,19,23). The van der Waals surface area contributed by atoms with Gasteiger partial charge in [-0.15, -0.1) is 0 Å².